The summed E-state index contributed by atoms with van der Waals surface area (Å²) in [5.41, 5.74) is 0. The summed E-state index contributed by atoms with van der Waals surface area (Å²) in [6.45, 7) is 4.17. The van der Waals surface area contributed by atoms with Gasteiger partial charge in [-0.15, -0.1) is 0 Å². The molecule has 0 nitrogen and oxygen atoms in total. The molecule has 0 rings (SSSR count). The number of rotatable bonds is 3. The Morgan fingerprint density at radius 2 is 1.71 bits per heavy atom. The fourth-order valence-electron chi connectivity index (χ4n) is 0.507. The van der Waals surface area contributed by atoms with E-state index < -0.39 is 8.80 Å². The van der Waals surface area contributed by atoms with Crippen molar-refractivity contribution in [1.29, 1.82) is 0 Å². The van der Waals surface area contributed by atoms with Gasteiger partial charge in [-0.1, -0.05) is 25.9 Å². The van der Waals surface area contributed by atoms with E-state index >= 15 is 0 Å². The van der Waals surface area contributed by atoms with Gasteiger partial charge in [-0.2, -0.15) is 0 Å². The van der Waals surface area contributed by atoms with Crippen LogP contribution in [0, 0.1) is 0 Å². The van der Waals surface area contributed by atoms with Crippen molar-refractivity contribution >= 4 is 8.80 Å². The summed E-state index contributed by atoms with van der Waals surface area (Å²) < 4.78 is 11.7. The van der Waals surface area contributed by atoms with Crippen molar-refractivity contribution in [3.05, 3.63) is 0 Å². The van der Waals surface area contributed by atoms with Gasteiger partial charge in [-0.3, -0.25) is 4.39 Å². The Morgan fingerprint density at radius 3 is 1.71 bits per heavy atom. The normalized spacial score (nSPS) is 10.3. The first-order chi connectivity index (χ1) is 3.35. The summed E-state index contributed by atoms with van der Waals surface area (Å²) in [5, 5.41) is 0. The molecular formula is C5H13FSi. The molecule has 0 amide bonds. The molecule has 0 saturated heterocycles. The predicted molar refractivity (Wildman–Crippen MR) is 34.1 cm³/mol. The third-order valence-electron chi connectivity index (χ3n) is 1.37. The van der Waals surface area contributed by atoms with E-state index in [1.54, 1.807) is 0 Å². The first-order valence-electron chi connectivity index (χ1n) is 2.91. The van der Waals surface area contributed by atoms with Crippen LogP contribution in [0.15, 0.2) is 0 Å². The maximum absolute atomic E-state index is 11.7. The van der Waals surface area contributed by atoms with Crippen molar-refractivity contribution in [1.82, 2.24) is 0 Å². The highest BCUT2D eigenvalue weighted by Gasteiger charge is 2.01. The molecule has 0 spiro atoms. The fourth-order valence-corrected chi connectivity index (χ4v) is 1.52. The van der Waals surface area contributed by atoms with Crippen molar-refractivity contribution in [2.45, 2.75) is 25.9 Å². The lowest BCUT2D eigenvalue weighted by Gasteiger charge is -2.00. The van der Waals surface area contributed by atoms with E-state index in [0.717, 1.165) is 12.1 Å². The summed E-state index contributed by atoms with van der Waals surface area (Å²) in [4.78, 5) is 0. The van der Waals surface area contributed by atoms with Crippen molar-refractivity contribution in [2.24, 2.45) is 0 Å². The van der Waals surface area contributed by atoms with Crippen molar-refractivity contribution in [2.75, 3.05) is 6.30 Å². The molecule has 0 aromatic rings. The van der Waals surface area contributed by atoms with Crippen LogP contribution in [0.3, 0.4) is 0 Å². The largest absolute Gasteiger partial charge is 0.255 e. The van der Waals surface area contributed by atoms with Crippen LogP contribution in [0.4, 0.5) is 4.39 Å². The maximum atomic E-state index is 11.7. The molecule has 0 aliphatic rings. The molecule has 0 aliphatic carbocycles. The van der Waals surface area contributed by atoms with Crippen molar-refractivity contribution < 1.29 is 4.39 Å². The molecule has 0 bridgehead atoms. The van der Waals surface area contributed by atoms with E-state index in [-0.39, 0.29) is 6.30 Å². The van der Waals surface area contributed by atoms with E-state index in [2.05, 4.69) is 13.8 Å². The summed E-state index contributed by atoms with van der Waals surface area (Å²) in [5.74, 6) is 0. The minimum Gasteiger partial charge on any atom is -0.255 e. The lowest BCUT2D eigenvalue weighted by molar-refractivity contribution is 0.585. The van der Waals surface area contributed by atoms with Crippen LogP contribution in [0.25, 0.3) is 0 Å². The van der Waals surface area contributed by atoms with Gasteiger partial charge in [0, 0.05) is 0 Å². The van der Waals surface area contributed by atoms with Crippen LogP contribution >= 0.6 is 0 Å². The van der Waals surface area contributed by atoms with Crippen LogP contribution in [-0.4, -0.2) is 15.1 Å². The molecule has 0 atom stereocenters. The first kappa shape index (κ1) is 7.15. The molecule has 0 fully saturated rings. The Morgan fingerprint density at radius 1 is 1.29 bits per heavy atom. The average molecular weight is 120 g/mol. The Bertz CT molecular complexity index is 29.6. The number of halogens is 1. The molecule has 44 valence electrons. The lowest BCUT2D eigenvalue weighted by Crippen LogP contribution is -2.11. The molecule has 0 N–H and O–H groups in total. The van der Waals surface area contributed by atoms with Gasteiger partial charge in [-0.25, -0.2) is 0 Å². The predicted octanol–water partition coefficient (Wildman–Crippen LogP) is 1.76. The molecule has 0 aromatic carbocycles. The Labute approximate surface area is 46.3 Å². The van der Waals surface area contributed by atoms with Gasteiger partial charge in [-0.05, 0) is 0 Å². The van der Waals surface area contributed by atoms with Crippen molar-refractivity contribution in [3.8, 4) is 0 Å². The fraction of sp³-hybridized carbons (Fsp3) is 1.00. The summed E-state index contributed by atoms with van der Waals surface area (Å²) in [6, 6.07) is 2.24. The van der Waals surface area contributed by atoms with Gasteiger partial charge in [0.05, 0.1) is 15.1 Å². The van der Waals surface area contributed by atoms with Crippen LogP contribution < -0.4 is 0 Å². The van der Waals surface area contributed by atoms with Crippen LogP contribution in [0.1, 0.15) is 13.8 Å². The third-order valence-corrected chi connectivity index (χ3v) is 4.12. The van der Waals surface area contributed by atoms with E-state index in [1.165, 1.54) is 0 Å². The minimum atomic E-state index is -0.838. The Hall–Kier alpha value is 0.147. The molecule has 0 heterocycles. The Kier molecular flexibility index (Phi) is 4.40. The first-order valence-corrected chi connectivity index (χ1v) is 5.36. The van der Waals surface area contributed by atoms with Gasteiger partial charge < -0.3 is 0 Å². The monoisotopic (exact) mass is 120 g/mol. The highest BCUT2D eigenvalue weighted by molar-refractivity contribution is 6.58. The standard InChI is InChI=1S/C5H13FSi/c1-3-7(4-2)5-6/h7H,3-5H2,1-2H3. The summed E-state index contributed by atoms with van der Waals surface area (Å²) >= 11 is 0. The van der Waals surface area contributed by atoms with Gasteiger partial charge >= 0.3 is 0 Å². The SMILES string of the molecule is CC[SiH](CC)CF. The molecule has 0 radical (unpaired) electrons. The van der Waals surface area contributed by atoms with Gasteiger partial charge in [0.2, 0.25) is 0 Å². The highest BCUT2D eigenvalue weighted by atomic mass is 28.3. The van der Waals surface area contributed by atoms with E-state index in [0.29, 0.717) is 0 Å². The van der Waals surface area contributed by atoms with E-state index in [1.807, 2.05) is 0 Å². The molecule has 0 aliphatic heterocycles. The highest BCUT2D eigenvalue weighted by Crippen LogP contribution is 1.96. The molecular weight excluding hydrogens is 107 g/mol. The zero-order chi connectivity index (χ0) is 5.70. The van der Waals surface area contributed by atoms with E-state index in [4.69, 9.17) is 0 Å². The molecule has 0 aromatic heterocycles. The zero-order valence-electron chi connectivity index (χ0n) is 5.08. The zero-order valence-corrected chi connectivity index (χ0v) is 6.23. The molecule has 0 saturated carbocycles. The van der Waals surface area contributed by atoms with Crippen molar-refractivity contribution in [3.63, 3.8) is 0 Å². The van der Waals surface area contributed by atoms with Crippen LogP contribution in [0.2, 0.25) is 12.1 Å². The second-order valence-electron chi connectivity index (χ2n) is 1.84. The maximum Gasteiger partial charge on any atom is 0.0765 e. The number of hydrogen-bond acceptors (Lipinski definition) is 0. The summed E-state index contributed by atoms with van der Waals surface area (Å²) in [6.07, 6.45) is -0.00694. The van der Waals surface area contributed by atoms with Gasteiger partial charge in [0.15, 0.2) is 0 Å². The number of alkyl halides is 1. The summed E-state index contributed by atoms with van der Waals surface area (Å²) in [7, 11) is -0.838. The average Bonchev–Trinajstić information content (AvgIpc) is 1.72. The smallest absolute Gasteiger partial charge is 0.0765 e. The second kappa shape index (κ2) is 4.31. The third kappa shape index (κ3) is 2.80. The van der Waals surface area contributed by atoms with Crippen LogP contribution in [-0.2, 0) is 0 Å². The second-order valence-corrected chi connectivity index (χ2v) is 5.51. The number of hydrogen-bond donors (Lipinski definition) is 0. The van der Waals surface area contributed by atoms with Gasteiger partial charge in [0.1, 0.15) is 0 Å². The van der Waals surface area contributed by atoms with Crippen LogP contribution in [0.5, 0.6) is 0 Å². The van der Waals surface area contributed by atoms with E-state index in [9.17, 15) is 4.39 Å². The minimum absolute atomic E-state index is 0.00694. The molecule has 7 heavy (non-hydrogen) atoms. The Balaban J connectivity index is 2.99. The quantitative estimate of drug-likeness (QED) is 0.498. The van der Waals surface area contributed by atoms with Gasteiger partial charge in [0.25, 0.3) is 0 Å². The lowest BCUT2D eigenvalue weighted by atomic mass is 10.9. The molecule has 2 heteroatoms. The molecule has 0 unspecified atom stereocenters. The topological polar surface area (TPSA) is 0 Å².